The number of rotatable bonds is 15. The van der Waals surface area contributed by atoms with Crippen LogP contribution in [-0.2, 0) is 33.8 Å². The van der Waals surface area contributed by atoms with Crippen molar-refractivity contribution in [3.05, 3.63) is 100 Å². The lowest BCUT2D eigenvalue weighted by Crippen LogP contribution is -2.27. The Kier molecular flexibility index (Phi) is 12.6. The summed E-state index contributed by atoms with van der Waals surface area (Å²) >= 11 is 0. The molecule has 0 N–H and O–H groups in total. The maximum absolute atomic E-state index is 14.4. The summed E-state index contributed by atoms with van der Waals surface area (Å²) < 4.78 is 30.1. The van der Waals surface area contributed by atoms with Gasteiger partial charge in [-0.2, -0.15) is 0 Å². The van der Waals surface area contributed by atoms with Gasteiger partial charge in [0, 0.05) is 19.5 Å². The molecule has 1 aliphatic rings. The van der Waals surface area contributed by atoms with Crippen LogP contribution in [0, 0.1) is 5.82 Å². The minimum atomic E-state index is -0.368. The predicted molar refractivity (Wildman–Crippen MR) is 166 cm³/mol. The van der Waals surface area contributed by atoms with Gasteiger partial charge in [-0.15, -0.1) is 0 Å². The Bertz CT molecular complexity index is 1300. The van der Waals surface area contributed by atoms with E-state index < -0.39 is 0 Å². The number of esters is 2. The van der Waals surface area contributed by atoms with Crippen LogP contribution in [0.5, 0.6) is 5.75 Å². The molecule has 0 radical (unpaired) electrons. The molecule has 1 fully saturated rings. The van der Waals surface area contributed by atoms with Crippen LogP contribution in [0.25, 0.3) is 0 Å². The Morgan fingerprint density at radius 1 is 0.837 bits per heavy atom. The standard InChI is InChI=1S/C36H44FNO5/c1-41-35(39)10-6-7-22-38(25-27-11-13-30(14-12-27)36(40)42-2)23-21-31-24-33(37)18-15-32(31)26-43-34-19-16-29(17-20-34)28-8-4-3-5-9-28/h11-20,24,28H,3-10,21-23,25-26H2,1-2H3. The second-order valence-corrected chi connectivity index (χ2v) is 11.4. The third kappa shape index (κ3) is 10.2. The summed E-state index contributed by atoms with van der Waals surface area (Å²) in [6, 6.07) is 20.8. The first-order chi connectivity index (χ1) is 20.9. The highest BCUT2D eigenvalue weighted by atomic mass is 19.1. The van der Waals surface area contributed by atoms with Crippen LogP contribution in [-0.4, -0.2) is 44.1 Å². The molecule has 1 saturated carbocycles. The third-order valence-electron chi connectivity index (χ3n) is 8.33. The smallest absolute Gasteiger partial charge is 0.337 e. The molecule has 0 aromatic heterocycles. The number of nitrogens with zero attached hydrogens (tertiary/aromatic N) is 1. The van der Waals surface area contributed by atoms with Crippen LogP contribution in [0.4, 0.5) is 4.39 Å². The summed E-state index contributed by atoms with van der Waals surface area (Å²) in [4.78, 5) is 25.7. The minimum absolute atomic E-state index is 0.210. The maximum Gasteiger partial charge on any atom is 0.337 e. The van der Waals surface area contributed by atoms with Crippen LogP contribution in [0.3, 0.4) is 0 Å². The van der Waals surface area contributed by atoms with E-state index in [-0.39, 0.29) is 17.8 Å². The first-order valence-electron chi connectivity index (χ1n) is 15.4. The molecule has 230 valence electrons. The van der Waals surface area contributed by atoms with Crippen molar-refractivity contribution < 1.29 is 28.2 Å². The first kappa shape index (κ1) is 32.2. The van der Waals surface area contributed by atoms with E-state index in [1.54, 1.807) is 18.2 Å². The number of halogens is 1. The van der Waals surface area contributed by atoms with Gasteiger partial charge in [0.05, 0.1) is 19.8 Å². The molecule has 4 rings (SSSR count). The van der Waals surface area contributed by atoms with Gasteiger partial charge in [0.25, 0.3) is 0 Å². The fourth-order valence-corrected chi connectivity index (χ4v) is 5.78. The molecule has 0 bridgehead atoms. The average Bonchev–Trinajstić information content (AvgIpc) is 3.05. The number of methoxy groups -OCH3 is 2. The molecular weight excluding hydrogens is 545 g/mol. The van der Waals surface area contributed by atoms with Crippen molar-refractivity contribution in [3.63, 3.8) is 0 Å². The van der Waals surface area contributed by atoms with Crippen LogP contribution in [0.2, 0.25) is 0 Å². The molecule has 3 aromatic carbocycles. The van der Waals surface area contributed by atoms with Crippen molar-refractivity contribution >= 4 is 11.9 Å². The Balaban J connectivity index is 1.38. The zero-order chi connectivity index (χ0) is 30.4. The van der Waals surface area contributed by atoms with Crippen LogP contribution < -0.4 is 4.74 Å². The van der Waals surface area contributed by atoms with Gasteiger partial charge in [-0.05, 0) is 103 Å². The van der Waals surface area contributed by atoms with Crippen LogP contribution >= 0.6 is 0 Å². The molecule has 0 aliphatic heterocycles. The van der Waals surface area contributed by atoms with Gasteiger partial charge < -0.3 is 14.2 Å². The topological polar surface area (TPSA) is 65.1 Å². The summed E-state index contributed by atoms with van der Waals surface area (Å²) in [5.74, 6) is 0.627. The van der Waals surface area contributed by atoms with E-state index in [1.165, 1.54) is 58.0 Å². The predicted octanol–water partition coefficient (Wildman–Crippen LogP) is 7.63. The van der Waals surface area contributed by atoms with Gasteiger partial charge >= 0.3 is 11.9 Å². The van der Waals surface area contributed by atoms with Gasteiger partial charge in [-0.3, -0.25) is 9.69 Å². The van der Waals surface area contributed by atoms with Crippen molar-refractivity contribution in [2.75, 3.05) is 27.3 Å². The van der Waals surface area contributed by atoms with Gasteiger partial charge in [0.15, 0.2) is 0 Å². The summed E-state index contributed by atoms with van der Waals surface area (Å²) in [6.07, 6.45) is 9.06. The van der Waals surface area contributed by atoms with Gasteiger partial charge in [0.2, 0.25) is 0 Å². The molecular formula is C36H44FNO5. The lowest BCUT2D eigenvalue weighted by Gasteiger charge is -2.23. The van der Waals surface area contributed by atoms with Gasteiger partial charge in [0.1, 0.15) is 18.2 Å². The Hall–Kier alpha value is -3.71. The van der Waals surface area contributed by atoms with Crippen molar-refractivity contribution in [2.45, 2.75) is 76.9 Å². The Morgan fingerprint density at radius 3 is 2.28 bits per heavy atom. The minimum Gasteiger partial charge on any atom is -0.489 e. The summed E-state index contributed by atoms with van der Waals surface area (Å²) in [5, 5.41) is 0. The van der Waals surface area contributed by atoms with Crippen molar-refractivity contribution in [3.8, 4) is 5.75 Å². The van der Waals surface area contributed by atoms with E-state index in [0.29, 0.717) is 44.0 Å². The zero-order valence-electron chi connectivity index (χ0n) is 25.5. The molecule has 7 heteroatoms. The van der Waals surface area contributed by atoms with E-state index in [4.69, 9.17) is 14.2 Å². The molecule has 0 heterocycles. The van der Waals surface area contributed by atoms with Crippen molar-refractivity contribution in [1.82, 2.24) is 4.90 Å². The summed E-state index contributed by atoms with van der Waals surface area (Å²) in [6.45, 7) is 2.49. The zero-order valence-corrected chi connectivity index (χ0v) is 25.5. The SMILES string of the molecule is COC(=O)CCCCN(CCc1cc(F)ccc1COc1ccc(C2CCCCC2)cc1)Cc1ccc(C(=O)OC)cc1. The highest BCUT2D eigenvalue weighted by Gasteiger charge is 2.16. The number of carbonyl (C=O) groups excluding carboxylic acids is 2. The largest absolute Gasteiger partial charge is 0.489 e. The van der Waals surface area contributed by atoms with Gasteiger partial charge in [-0.1, -0.05) is 49.6 Å². The maximum atomic E-state index is 14.4. The van der Waals surface area contributed by atoms with E-state index in [2.05, 4.69) is 29.2 Å². The Morgan fingerprint density at radius 2 is 1.58 bits per heavy atom. The molecule has 0 unspecified atom stereocenters. The fourth-order valence-electron chi connectivity index (χ4n) is 5.78. The lowest BCUT2D eigenvalue weighted by atomic mass is 9.84. The second-order valence-electron chi connectivity index (χ2n) is 11.4. The van der Waals surface area contributed by atoms with Crippen LogP contribution in [0.1, 0.15) is 89.9 Å². The van der Waals surface area contributed by atoms with E-state index in [1.807, 2.05) is 18.2 Å². The molecule has 0 amide bonds. The number of ether oxygens (including phenoxy) is 3. The fraction of sp³-hybridized carbons (Fsp3) is 0.444. The first-order valence-corrected chi connectivity index (χ1v) is 15.4. The van der Waals surface area contributed by atoms with Gasteiger partial charge in [-0.25, -0.2) is 9.18 Å². The van der Waals surface area contributed by atoms with E-state index in [9.17, 15) is 14.0 Å². The molecule has 6 nitrogen and oxygen atoms in total. The number of hydrogen-bond donors (Lipinski definition) is 0. The molecule has 0 spiro atoms. The number of unbranched alkanes of at least 4 members (excludes halogenated alkanes) is 1. The lowest BCUT2D eigenvalue weighted by molar-refractivity contribution is -0.140. The monoisotopic (exact) mass is 589 g/mol. The molecule has 43 heavy (non-hydrogen) atoms. The third-order valence-corrected chi connectivity index (χ3v) is 8.33. The highest BCUT2D eigenvalue weighted by Crippen LogP contribution is 2.33. The highest BCUT2D eigenvalue weighted by molar-refractivity contribution is 5.89. The van der Waals surface area contributed by atoms with Crippen molar-refractivity contribution in [2.24, 2.45) is 0 Å². The Labute approximate surface area is 255 Å². The average molecular weight is 590 g/mol. The number of hydrogen-bond acceptors (Lipinski definition) is 6. The molecule has 0 saturated heterocycles. The van der Waals surface area contributed by atoms with E-state index >= 15 is 0 Å². The molecule has 0 atom stereocenters. The van der Waals surface area contributed by atoms with E-state index in [0.717, 1.165) is 41.8 Å². The number of benzene rings is 3. The van der Waals surface area contributed by atoms with Crippen molar-refractivity contribution in [1.29, 1.82) is 0 Å². The summed E-state index contributed by atoms with van der Waals surface area (Å²) in [5.41, 5.74) is 4.83. The second kappa shape index (κ2) is 16.8. The normalized spacial score (nSPS) is 13.6. The molecule has 1 aliphatic carbocycles. The number of carbonyl (C=O) groups is 2. The quantitative estimate of drug-likeness (QED) is 0.134. The van der Waals surface area contributed by atoms with Crippen LogP contribution in [0.15, 0.2) is 66.7 Å². The summed E-state index contributed by atoms with van der Waals surface area (Å²) in [7, 11) is 2.77. The molecule has 3 aromatic rings.